The predicted molar refractivity (Wildman–Crippen MR) is 91.5 cm³/mol. The lowest BCUT2D eigenvalue weighted by Gasteiger charge is -2.32. The van der Waals surface area contributed by atoms with Crippen molar-refractivity contribution in [1.29, 1.82) is 0 Å². The Bertz CT molecular complexity index is 724. The van der Waals surface area contributed by atoms with Crippen LogP contribution < -0.4 is 10.2 Å². The molecule has 1 amide bonds. The monoisotopic (exact) mass is 328 g/mol. The average Bonchev–Trinajstić information content (AvgIpc) is 2.59. The molecule has 6 heteroatoms. The number of hydrogen-bond donors (Lipinski definition) is 1. The van der Waals surface area contributed by atoms with E-state index >= 15 is 0 Å². The van der Waals surface area contributed by atoms with Crippen molar-refractivity contribution in [2.75, 3.05) is 23.3 Å². The summed E-state index contributed by atoms with van der Waals surface area (Å²) in [6.07, 6.45) is 3.30. The van der Waals surface area contributed by atoms with Gasteiger partial charge in [0, 0.05) is 30.9 Å². The van der Waals surface area contributed by atoms with Gasteiger partial charge in [-0.2, -0.15) is 0 Å². The lowest BCUT2D eigenvalue weighted by Crippen LogP contribution is -2.39. The highest BCUT2D eigenvalue weighted by Crippen LogP contribution is 2.24. The molecule has 5 nitrogen and oxygen atoms in total. The van der Waals surface area contributed by atoms with E-state index in [2.05, 4.69) is 20.2 Å². The lowest BCUT2D eigenvalue weighted by molar-refractivity contribution is -0.120. The number of amides is 1. The van der Waals surface area contributed by atoms with Crippen LogP contribution >= 0.6 is 0 Å². The Morgan fingerprint density at radius 1 is 1.21 bits per heavy atom. The van der Waals surface area contributed by atoms with Crippen LogP contribution in [0, 0.1) is 25.6 Å². The maximum atomic E-state index is 12.9. The number of anilines is 2. The molecule has 0 unspecified atom stereocenters. The number of aromatic nitrogens is 2. The van der Waals surface area contributed by atoms with Gasteiger partial charge in [-0.05, 0) is 51.0 Å². The normalized spacial score (nSPS) is 15.4. The third kappa shape index (κ3) is 3.69. The zero-order valence-corrected chi connectivity index (χ0v) is 13.9. The minimum atomic E-state index is -0.309. The summed E-state index contributed by atoms with van der Waals surface area (Å²) in [5, 5.41) is 2.86. The summed E-state index contributed by atoms with van der Waals surface area (Å²) in [5.41, 5.74) is 2.44. The number of aryl methyl sites for hydroxylation is 2. The maximum absolute atomic E-state index is 12.9. The Hall–Kier alpha value is -2.50. The number of carbonyl (C=O) groups is 1. The van der Waals surface area contributed by atoms with Crippen molar-refractivity contribution in [3.63, 3.8) is 0 Å². The molecule has 2 aromatic rings. The van der Waals surface area contributed by atoms with E-state index in [1.165, 1.54) is 12.1 Å². The molecule has 0 radical (unpaired) electrons. The van der Waals surface area contributed by atoms with Gasteiger partial charge in [0.15, 0.2) is 0 Å². The minimum absolute atomic E-state index is 0.00620. The fraction of sp³-hybridized carbons (Fsp3) is 0.389. The molecule has 1 aromatic heterocycles. The number of nitrogens with one attached hydrogen (secondary N) is 1. The largest absolute Gasteiger partial charge is 0.355 e. The molecule has 1 saturated heterocycles. The fourth-order valence-electron chi connectivity index (χ4n) is 2.96. The Morgan fingerprint density at radius 3 is 2.54 bits per heavy atom. The molecule has 2 heterocycles. The van der Waals surface area contributed by atoms with Gasteiger partial charge in [0.1, 0.15) is 11.6 Å². The molecule has 0 saturated carbocycles. The highest BCUT2D eigenvalue weighted by atomic mass is 19.1. The van der Waals surface area contributed by atoms with E-state index in [4.69, 9.17) is 0 Å². The smallest absolute Gasteiger partial charge is 0.227 e. The molecule has 0 spiro atoms. The van der Waals surface area contributed by atoms with Gasteiger partial charge in [-0.3, -0.25) is 9.78 Å². The second kappa shape index (κ2) is 6.95. The van der Waals surface area contributed by atoms with Crippen molar-refractivity contribution in [3.05, 3.63) is 47.7 Å². The molecule has 1 aromatic carbocycles. The topological polar surface area (TPSA) is 58.1 Å². The number of benzene rings is 1. The Labute approximate surface area is 140 Å². The van der Waals surface area contributed by atoms with E-state index in [0.29, 0.717) is 5.69 Å². The van der Waals surface area contributed by atoms with Crippen molar-refractivity contribution < 1.29 is 9.18 Å². The van der Waals surface area contributed by atoms with Crippen LogP contribution in [0.5, 0.6) is 0 Å². The zero-order valence-electron chi connectivity index (χ0n) is 13.9. The van der Waals surface area contributed by atoms with E-state index in [1.54, 1.807) is 18.3 Å². The summed E-state index contributed by atoms with van der Waals surface area (Å²) in [4.78, 5) is 23.5. The zero-order chi connectivity index (χ0) is 17.1. The van der Waals surface area contributed by atoms with Crippen LogP contribution in [0.2, 0.25) is 0 Å². The van der Waals surface area contributed by atoms with Gasteiger partial charge < -0.3 is 10.2 Å². The first-order chi connectivity index (χ1) is 11.5. The van der Waals surface area contributed by atoms with Crippen molar-refractivity contribution in [3.8, 4) is 0 Å². The van der Waals surface area contributed by atoms with Gasteiger partial charge in [0.25, 0.3) is 0 Å². The minimum Gasteiger partial charge on any atom is -0.355 e. The standard InChI is InChI=1S/C18H21FN4O/c1-12-11-20-13(2)17(21-12)23-9-7-14(8-10-23)18(24)22-16-5-3-15(19)4-6-16/h3-6,11,14H,7-10H2,1-2H3,(H,22,24). The first-order valence-electron chi connectivity index (χ1n) is 8.14. The van der Waals surface area contributed by atoms with Crippen molar-refractivity contribution in [1.82, 2.24) is 9.97 Å². The van der Waals surface area contributed by atoms with Crippen LogP contribution in [0.3, 0.4) is 0 Å². The average molecular weight is 328 g/mol. The van der Waals surface area contributed by atoms with Crippen LogP contribution in [0.1, 0.15) is 24.2 Å². The summed E-state index contributed by atoms with van der Waals surface area (Å²) < 4.78 is 12.9. The third-order valence-corrected chi connectivity index (χ3v) is 4.33. The first kappa shape index (κ1) is 16.4. The van der Waals surface area contributed by atoms with Crippen molar-refractivity contribution in [2.45, 2.75) is 26.7 Å². The number of rotatable bonds is 3. The van der Waals surface area contributed by atoms with Crippen LogP contribution in [-0.4, -0.2) is 29.0 Å². The molecule has 1 fully saturated rings. The summed E-state index contributed by atoms with van der Waals surface area (Å²) in [7, 11) is 0. The first-order valence-corrected chi connectivity index (χ1v) is 8.14. The van der Waals surface area contributed by atoms with Gasteiger partial charge in [0.05, 0.1) is 11.4 Å². The van der Waals surface area contributed by atoms with Gasteiger partial charge in [-0.1, -0.05) is 0 Å². The Kier molecular flexibility index (Phi) is 4.74. The van der Waals surface area contributed by atoms with E-state index in [-0.39, 0.29) is 17.6 Å². The third-order valence-electron chi connectivity index (χ3n) is 4.33. The summed E-state index contributed by atoms with van der Waals surface area (Å²) >= 11 is 0. The molecule has 126 valence electrons. The van der Waals surface area contributed by atoms with E-state index < -0.39 is 0 Å². The van der Waals surface area contributed by atoms with Crippen LogP contribution in [-0.2, 0) is 4.79 Å². The predicted octanol–water partition coefficient (Wildman–Crippen LogP) is 3.09. The Morgan fingerprint density at radius 2 is 1.88 bits per heavy atom. The number of nitrogens with zero attached hydrogens (tertiary/aromatic N) is 3. The molecule has 1 aliphatic heterocycles. The van der Waals surface area contributed by atoms with E-state index in [0.717, 1.165) is 43.1 Å². The Balaban J connectivity index is 1.59. The molecular weight excluding hydrogens is 307 g/mol. The molecular formula is C18H21FN4O. The second-order valence-electron chi connectivity index (χ2n) is 6.18. The van der Waals surface area contributed by atoms with E-state index in [1.807, 2.05) is 13.8 Å². The molecule has 0 atom stereocenters. The highest BCUT2D eigenvalue weighted by Gasteiger charge is 2.26. The number of piperidine rings is 1. The van der Waals surface area contributed by atoms with Gasteiger partial charge >= 0.3 is 0 Å². The lowest BCUT2D eigenvalue weighted by atomic mass is 9.95. The summed E-state index contributed by atoms with van der Waals surface area (Å²) in [5.74, 6) is 0.556. The fourth-order valence-corrected chi connectivity index (χ4v) is 2.96. The molecule has 24 heavy (non-hydrogen) atoms. The number of carbonyl (C=O) groups excluding carboxylic acids is 1. The van der Waals surface area contributed by atoms with Gasteiger partial charge in [0.2, 0.25) is 5.91 Å². The van der Waals surface area contributed by atoms with Crippen molar-refractivity contribution in [2.24, 2.45) is 5.92 Å². The molecule has 3 rings (SSSR count). The number of hydrogen-bond acceptors (Lipinski definition) is 4. The SMILES string of the molecule is Cc1cnc(C)c(N2CCC(C(=O)Nc3ccc(F)cc3)CC2)n1. The highest BCUT2D eigenvalue weighted by molar-refractivity contribution is 5.92. The van der Waals surface area contributed by atoms with Gasteiger partial charge in [-0.25, -0.2) is 9.37 Å². The maximum Gasteiger partial charge on any atom is 0.227 e. The summed E-state index contributed by atoms with van der Waals surface area (Å²) in [6.45, 7) is 5.44. The molecule has 0 bridgehead atoms. The second-order valence-corrected chi connectivity index (χ2v) is 6.18. The van der Waals surface area contributed by atoms with Crippen LogP contribution in [0.4, 0.5) is 15.9 Å². The van der Waals surface area contributed by atoms with Gasteiger partial charge in [-0.15, -0.1) is 0 Å². The molecule has 0 aliphatic carbocycles. The molecule has 1 aliphatic rings. The summed E-state index contributed by atoms with van der Waals surface area (Å²) in [6, 6.07) is 5.84. The van der Waals surface area contributed by atoms with Crippen LogP contribution in [0.15, 0.2) is 30.5 Å². The van der Waals surface area contributed by atoms with E-state index in [9.17, 15) is 9.18 Å². The van der Waals surface area contributed by atoms with Crippen LogP contribution in [0.25, 0.3) is 0 Å². The number of halogens is 1. The molecule has 1 N–H and O–H groups in total. The van der Waals surface area contributed by atoms with Crippen molar-refractivity contribution >= 4 is 17.4 Å². The quantitative estimate of drug-likeness (QED) is 0.941.